The number of hydrogen-bond acceptors (Lipinski definition) is 3. The van der Waals surface area contributed by atoms with Crippen molar-refractivity contribution in [2.75, 3.05) is 11.9 Å². The highest BCUT2D eigenvalue weighted by atomic mass is 16.4. The molecule has 4 nitrogen and oxygen atoms in total. The van der Waals surface area contributed by atoms with Crippen LogP contribution in [-0.4, -0.2) is 29.1 Å². The van der Waals surface area contributed by atoms with Gasteiger partial charge < -0.3 is 10.0 Å². The van der Waals surface area contributed by atoms with E-state index in [0.29, 0.717) is 11.7 Å². The summed E-state index contributed by atoms with van der Waals surface area (Å²) in [5, 5.41) is 8.98. The van der Waals surface area contributed by atoms with Crippen molar-refractivity contribution >= 4 is 11.7 Å². The Hall–Kier alpha value is -1.58. The van der Waals surface area contributed by atoms with Crippen LogP contribution in [0.5, 0.6) is 0 Å². The summed E-state index contributed by atoms with van der Waals surface area (Å²) in [5.41, 5.74) is 0.777. The van der Waals surface area contributed by atoms with Crippen LogP contribution in [0, 0.1) is 0 Å². The lowest BCUT2D eigenvalue weighted by Gasteiger charge is -2.26. The Bertz CT molecular complexity index is 352. The van der Waals surface area contributed by atoms with Gasteiger partial charge in [0.2, 0.25) is 0 Å². The molecule has 15 heavy (non-hydrogen) atoms. The van der Waals surface area contributed by atoms with Gasteiger partial charge in [0.1, 0.15) is 0 Å². The second kappa shape index (κ2) is 4.77. The molecule has 1 rings (SSSR count). The SMILES string of the molecule is CCC(C)N(C)c1cccnc1C(=O)O. The van der Waals surface area contributed by atoms with E-state index in [1.165, 1.54) is 6.20 Å². The fraction of sp³-hybridized carbons (Fsp3) is 0.455. The van der Waals surface area contributed by atoms with Gasteiger partial charge in [0.15, 0.2) is 5.69 Å². The Labute approximate surface area is 89.6 Å². The van der Waals surface area contributed by atoms with Gasteiger partial charge in [-0.3, -0.25) is 0 Å². The molecule has 1 N–H and O–H groups in total. The number of nitrogens with zero attached hydrogens (tertiary/aromatic N) is 2. The maximum Gasteiger partial charge on any atom is 0.356 e. The minimum absolute atomic E-state index is 0.111. The minimum Gasteiger partial charge on any atom is -0.476 e. The maximum absolute atomic E-state index is 10.9. The quantitative estimate of drug-likeness (QED) is 0.822. The molecule has 82 valence electrons. The Morgan fingerprint density at radius 3 is 2.87 bits per heavy atom. The van der Waals surface area contributed by atoms with Gasteiger partial charge in [-0.2, -0.15) is 0 Å². The molecule has 4 heteroatoms. The first kappa shape index (κ1) is 11.5. The van der Waals surface area contributed by atoms with E-state index in [1.807, 2.05) is 11.9 Å². The number of carboxylic acids is 1. The summed E-state index contributed by atoms with van der Waals surface area (Å²) in [7, 11) is 1.89. The molecule has 0 bridgehead atoms. The molecule has 1 aromatic rings. The van der Waals surface area contributed by atoms with Crippen molar-refractivity contribution in [2.24, 2.45) is 0 Å². The molecule has 0 radical (unpaired) electrons. The van der Waals surface area contributed by atoms with Crippen molar-refractivity contribution in [2.45, 2.75) is 26.3 Å². The Balaban J connectivity index is 3.07. The van der Waals surface area contributed by atoms with E-state index in [1.54, 1.807) is 12.1 Å². The number of aromatic carboxylic acids is 1. The van der Waals surface area contributed by atoms with Crippen molar-refractivity contribution in [3.05, 3.63) is 24.0 Å². The Kier molecular flexibility index (Phi) is 3.66. The van der Waals surface area contributed by atoms with E-state index >= 15 is 0 Å². The van der Waals surface area contributed by atoms with Crippen molar-refractivity contribution in [1.29, 1.82) is 0 Å². The van der Waals surface area contributed by atoms with Crippen LogP contribution >= 0.6 is 0 Å². The topological polar surface area (TPSA) is 53.4 Å². The van der Waals surface area contributed by atoms with Gasteiger partial charge in [0.05, 0.1) is 5.69 Å². The zero-order valence-corrected chi connectivity index (χ0v) is 9.27. The fourth-order valence-corrected chi connectivity index (χ4v) is 1.36. The molecule has 1 heterocycles. The molecule has 0 saturated carbocycles. The van der Waals surface area contributed by atoms with Crippen LogP contribution in [0.3, 0.4) is 0 Å². The highest BCUT2D eigenvalue weighted by Gasteiger charge is 2.16. The third kappa shape index (κ3) is 2.46. The molecule has 0 fully saturated rings. The third-order valence-electron chi connectivity index (χ3n) is 2.62. The second-order valence-corrected chi connectivity index (χ2v) is 3.54. The summed E-state index contributed by atoms with van der Waals surface area (Å²) in [5.74, 6) is -0.985. The first-order valence-electron chi connectivity index (χ1n) is 4.99. The molecule has 0 amide bonds. The molecule has 0 spiro atoms. The molecular weight excluding hydrogens is 192 g/mol. The first-order valence-corrected chi connectivity index (χ1v) is 4.99. The summed E-state index contributed by atoms with van der Waals surface area (Å²) in [6.45, 7) is 4.12. The summed E-state index contributed by atoms with van der Waals surface area (Å²) in [6, 6.07) is 3.83. The molecule has 1 unspecified atom stereocenters. The summed E-state index contributed by atoms with van der Waals surface area (Å²) < 4.78 is 0. The molecule has 0 aliphatic heterocycles. The number of carboxylic acid groups (broad SMARTS) is 1. The van der Waals surface area contributed by atoms with Crippen LogP contribution in [0.1, 0.15) is 30.8 Å². The number of hydrogen-bond donors (Lipinski definition) is 1. The van der Waals surface area contributed by atoms with Gasteiger partial charge in [-0.15, -0.1) is 0 Å². The van der Waals surface area contributed by atoms with Gasteiger partial charge in [-0.05, 0) is 25.5 Å². The summed E-state index contributed by atoms with van der Waals surface area (Å²) in [4.78, 5) is 16.8. The number of rotatable bonds is 4. The van der Waals surface area contributed by atoms with E-state index in [0.717, 1.165) is 6.42 Å². The molecular formula is C11H16N2O2. The number of pyridine rings is 1. The van der Waals surface area contributed by atoms with Crippen LogP contribution in [-0.2, 0) is 0 Å². The van der Waals surface area contributed by atoms with E-state index in [4.69, 9.17) is 5.11 Å². The largest absolute Gasteiger partial charge is 0.476 e. The monoisotopic (exact) mass is 208 g/mol. The van der Waals surface area contributed by atoms with Gasteiger partial charge in [-0.1, -0.05) is 6.92 Å². The molecule has 1 atom stereocenters. The van der Waals surface area contributed by atoms with E-state index in [2.05, 4.69) is 18.8 Å². The van der Waals surface area contributed by atoms with Crippen molar-refractivity contribution < 1.29 is 9.90 Å². The van der Waals surface area contributed by atoms with Gasteiger partial charge >= 0.3 is 5.97 Å². The van der Waals surface area contributed by atoms with E-state index in [9.17, 15) is 4.79 Å². The van der Waals surface area contributed by atoms with Crippen LogP contribution < -0.4 is 4.90 Å². The maximum atomic E-state index is 10.9. The van der Waals surface area contributed by atoms with Crippen LogP contribution in [0.2, 0.25) is 0 Å². The first-order chi connectivity index (χ1) is 7.07. The highest BCUT2D eigenvalue weighted by molar-refractivity contribution is 5.92. The lowest BCUT2D eigenvalue weighted by Crippen LogP contribution is -2.29. The van der Waals surface area contributed by atoms with Crippen LogP contribution in [0.15, 0.2) is 18.3 Å². The molecule has 0 saturated heterocycles. The van der Waals surface area contributed by atoms with Crippen molar-refractivity contribution in [3.63, 3.8) is 0 Å². The average Bonchev–Trinajstić information content (AvgIpc) is 2.27. The third-order valence-corrected chi connectivity index (χ3v) is 2.62. The Morgan fingerprint density at radius 1 is 1.67 bits per heavy atom. The van der Waals surface area contributed by atoms with E-state index in [-0.39, 0.29) is 5.69 Å². The van der Waals surface area contributed by atoms with Gasteiger partial charge in [-0.25, -0.2) is 9.78 Å². The standard InChI is InChI=1S/C11H16N2O2/c1-4-8(2)13(3)9-6-5-7-12-10(9)11(14)15/h5-8H,4H2,1-3H3,(H,14,15). The predicted molar refractivity (Wildman–Crippen MR) is 59.4 cm³/mol. The molecule has 0 aromatic carbocycles. The van der Waals surface area contributed by atoms with Crippen molar-refractivity contribution in [1.82, 2.24) is 4.98 Å². The van der Waals surface area contributed by atoms with Crippen molar-refractivity contribution in [3.8, 4) is 0 Å². The molecule has 0 aliphatic rings. The highest BCUT2D eigenvalue weighted by Crippen LogP contribution is 2.19. The zero-order chi connectivity index (χ0) is 11.4. The van der Waals surface area contributed by atoms with Gasteiger partial charge in [0.25, 0.3) is 0 Å². The van der Waals surface area contributed by atoms with E-state index < -0.39 is 5.97 Å². The molecule has 1 aromatic heterocycles. The lowest BCUT2D eigenvalue weighted by molar-refractivity contribution is 0.0691. The van der Waals surface area contributed by atoms with Crippen LogP contribution in [0.25, 0.3) is 0 Å². The number of anilines is 1. The smallest absolute Gasteiger partial charge is 0.356 e. The zero-order valence-electron chi connectivity index (χ0n) is 9.27. The van der Waals surface area contributed by atoms with Crippen LogP contribution in [0.4, 0.5) is 5.69 Å². The lowest BCUT2D eigenvalue weighted by atomic mass is 10.2. The number of carbonyl (C=O) groups is 1. The minimum atomic E-state index is -0.985. The van der Waals surface area contributed by atoms with Gasteiger partial charge in [0, 0.05) is 19.3 Å². The molecule has 0 aliphatic carbocycles. The fourth-order valence-electron chi connectivity index (χ4n) is 1.36. The summed E-state index contributed by atoms with van der Waals surface area (Å²) >= 11 is 0. The number of aromatic nitrogens is 1. The second-order valence-electron chi connectivity index (χ2n) is 3.54. The average molecular weight is 208 g/mol. The predicted octanol–water partition coefficient (Wildman–Crippen LogP) is 2.01. The normalized spacial score (nSPS) is 12.2. The summed E-state index contributed by atoms with van der Waals surface area (Å²) in [6.07, 6.45) is 2.46. The Morgan fingerprint density at radius 2 is 2.33 bits per heavy atom.